The third-order valence-electron chi connectivity index (χ3n) is 4.30. The quantitative estimate of drug-likeness (QED) is 0.766. The average molecular weight is 314 g/mol. The summed E-state index contributed by atoms with van der Waals surface area (Å²) in [7, 11) is 1.82. The summed E-state index contributed by atoms with van der Waals surface area (Å²) < 4.78 is 0. The van der Waals surface area contributed by atoms with E-state index < -0.39 is 0 Å². The Bertz CT molecular complexity index is 600. The zero-order valence-corrected chi connectivity index (χ0v) is 14.3. The highest BCUT2D eigenvalue weighted by atomic mass is 16.2. The van der Waals surface area contributed by atoms with Gasteiger partial charge in [0.1, 0.15) is 5.82 Å². The first kappa shape index (κ1) is 17.1. The van der Waals surface area contributed by atoms with Gasteiger partial charge in [0.15, 0.2) is 0 Å². The summed E-state index contributed by atoms with van der Waals surface area (Å²) in [5.74, 6) is 0.951. The van der Waals surface area contributed by atoms with Crippen LogP contribution < -0.4 is 5.32 Å². The molecule has 2 heterocycles. The second-order valence-corrected chi connectivity index (χ2v) is 5.94. The molecule has 2 aliphatic heterocycles. The molecule has 1 unspecified atom stereocenters. The molecular weight excluding hydrogens is 288 g/mol. The molecule has 0 bridgehead atoms. The number of hydrazone groups is 1. The summed E-state index contributed by atoms with van der Waals surface area (Å²) in [4.78, 5) is 14.1. The van der Waals surface area contributed by atoms with Crippen molar-refractivity contribution in [2.24, 2.45) is 5.10 Å². The molecule has 23 heavy (non-hydrogen) atoms. The highest BCUT2D eigenvalue weighted by Gasteiger charge is 2.37. The first-order valence-corrected chi connectivity index (χ1v) is 7.98. The maximum absolute atomic E-state index is 12.2. The van der Waals surface area contributed by atoms with Crippen LogP contribution >= 0.6 is 0 Å². The average Bonchev–Trinajstić information content (AvgIpc) is 3.17. The van der Waals surface area contributed by atoms with Crippen LogP contribution in [0.4, 0.5) is 0 Å². The van der Waals surface area contributed by atoms with Crippen LogP contribution in [0.3, 0.4) is 0 Å². The Morgan fingerprint density at radius 1 is 1.39 bits per heavy atom. The number of carbonyl (C=O) groups excluding carboxylic acids is 1. The van der Waals surface area contributed by atoms with Gasteiger partial charge >= 0.3 is 0 Å². The number of rotatable bonds is 6. The summed E-state index contributed by atoms with van der Waals surface area (Å²) in [6.45, 7) is 13.2. The number of carbonyl (C=O) groups is 1. The lowest BCUT2D eigenvalue weighted by Gasteiger charge is -2.26. The van der Waals surface area contributed by atoms with Crippen molar-refractivity contribution in [2.75, 3.05) is 20.1 Å². The minimum Gasteiger partial charge on any atom is -0.374 e. The molecule has 0 aliphatic carbocycles. The topological polar surface area (TPSA) is 47.9 Å². The van der Waals surface area contributed by atoms with Crippen molar-refractivity contribution in [1.82, 2.24) is 15.2 Å². The molecule has 1 saturated heterocycles. The van der Waals surface area contributed by atoms with Crippen LogP contribution in [0.5, 0.6) is 0 Å². The summed E-state index contributed by atoms with van der Waals surface area (Å²) in [5.41, 5.74) is 3.08. The third kappa shape index (κ3) is 3.73. The normalized spacial score (nSPS) is 22.5. The van der Waals surface area contributed by atoms with E-state index in [1.807, 2.05) is 49.0 Å². The Hall–Kier alpha value is -2.30. The molecule has 1 N–H and O–H groups in total. The molecule has 0 radical (unpaired) electrons. The molecule has 124 valence electrons. The van der Waals surface area contributed by atoms with E-state index >= 15 is 0 Å². The molecular formula is C18H26N4O. The molecule has 5 heteroatoms. The minimum atomic E-state index is -0.0104. The molecule has 0 aromatic carbocycles. The molecule has 2 rings (SSSR count). The predicted molar refractivity (Wildman–Crippen MR) is 94.8 cm³/mol. The van der Waals surface area contributed by atoms with Gasteiger partial charge < -0.3 is 10.2 Å². The van der Waals surface area contributed by atoms with Crippen LogP contribution in [0.1, 0.15) is 26.7 Å². The van der Waals surface area contributed by atoms with E-state index in [1.54, 1.807) is 0 Å². The Labute approximate surface area is 138 Å². The van der Waals surface area contributed by atoms with Gasteiger partial charge in [-0.25, -0.2) is 5.01 Å². The Morgan fingerprint density at radius 3 is 2.70 bits per heavy atom. The Kier molecular flexibility index (Phi) is 5.42. The van der Waals surface area contributed by atoms with Crippen LogP contribution in [0.25, 0.3) is 0 Å². The SMILES string of the molecule is C=C/C(C)=C\C=C(/C)C1=NN(C(=C)NC)CC1N1CCCC1=O. The van der Waals surface area contributed by atoms with E-state index in [4.69, 9.17) is 5.10 Å². The fraction of sp³-hybridized carbons (Fsp3) is 0.444. The van der Waals surface area contributed by atoms with Crippen molar-refractivity contribution < 1.29 is 4.79 Å². The molecule has 0 spiro atoms. The van der Waals surface area contributed by atoms with Crippen molar-refractivity contribution in [3.05, 3.63) is 48.4 Å². The van der Waals surface area contributed by atoms with Crippen LogP contribution in [-0.2, 0) is 4.79 Å². The van der Waals surface area contributed by atoms with Crippen molar-refractivity contribution >= 4 is 11.6 Å². The number of hydrogen-bond acceptors (Lipinski definition) is 4. The van der Waals surface area contributed by atoms with E-state index in [0.29, 0.717) is 13.0 Å². The van der Waals surface area contributed by atoms with Gasteiger partial charge in [0.2, 0.25) is 5.91 Å². The predicted octanol–water partition coefficient (Wildman–Crippen LogP) is 2.42. The zero-order chi connectivity index (χ0) is 17.0. The van der Waals surface area contributed by atoms with Gasteiger partial charge in [-0.05, 0) is 25.8 Å². The van der Waals surface area contributed by atoms with Crippen molar-refractivity contribution in [2.45, 2.75) is 32.7 Å². The smallest absolute Gasteiger partial charge is 0.223 e. The lowest BCUT2D eigenvalue weighted by Crippen LogP contribution is -2.44. The van der Waals surface area contributed by atoms with Gasteiger partial charge in [-0.2, -0.15) is 5.10 Å². The Morgan fingerprint density at radius 2 is 2.13 bits per heavy atom. The number of nitrogens with one attached hydrogen (secondary N) is 1. The van der Waals surface area contributed by atoms with Crippen molar-refractivity contribution in [1.29, 1.82) is 0 Å². The summed E-state index contributed by atoms with van der Waals surface area (Å²) >= 11 is 0. The molecule has 1 fully saturated rings. The largest absolute Gasteiger partial charge is 0.374 e. The maximum atomic E-state index is 12.2. The molecule has 0 aromatic rings. The third-order valence-corrected chi connectivity index (χ3v) is 4.30. The van der Waals surface area contributed by atoms with Gasteiger partial charge in [0.25, 0.3) is 0 Å². The Balaban J connectivity index is 2.30. The van der Waals surface area contributed by atoms with Gasteiger partial charge in [-0.15, -0.1) is 0 Å². The second-order valence-electron chi connectivity index (χ2n) is 5.94. The lowest BCUT2D eigenvalue weighted by molar-refractivity contribution is -0.128. The van der Waals surface area contributed by atoms with Crippen LogP contribution in [0.2, 0.25) is 0 Å². The van der Waals surface area contributed by atoms with Gasteiger partial charge in [0.05, 0.1) is 18.3 Å². The molecule has 1 atom stereocenters. The van der Waals surface area contributed by atoms with Crippen LogP contribution in [0, 0.1) is 0 Å². The first-order chi connectivity index (χ1) is 11.0. The fourth-order valence-electron chi connectivity index (χ4n) is 2.78. The van der Waals surface area contributed by atoms with Gasteiger partial charge in [-0.1, -0.05) is 37.0 Å². The number of hydrogen-bond donors (Lipinski definition) is 1. The number of amides is 1. The van der Waals surface area contributed by atoms with E-state index in [0.717, 1.165) is 35.6 Å². The second kappa shape index (κ2) is 7.31. The van der Waals surface area contributed by atoms with Crippen molar-refractivity contribution in [3.63, 3.8) is 0 Å². The number of nitrogens with zero attached hydrogens (tertiary/aromatic N) is 3. The molecule has 0 aromatic heterocycles. The maximum Gasteiger partial charge on any atom is 0.223 e. The van der Waals surface area contributed by atoms with E-state index in [-0.39, 0.29) is 11.9 Å². The highest BCUT2D eigenvalue weighted by molar-refractivity contribution is 6.06. The van der Waals surface area contributed by atoms with E-state index in [1.165, 1.54) is 0 Å². The zero-order valence-electron chi connectivity index (χ0n) is 14.3. The number of likely N-dealkylation sites (tertiary alicyclic amines) is 1. The minimum absolute atomic E-state index is 0.0104. The van der Waals surface area contributed by atoms with Gasteiger partial charge in [0, 0.05) is 20.0 Å². The van der Waals surface area contributed by atoms with Crippen molar-refractivity contribution in [3.8, 4) is 0 Å². The first-order valence-electron chi connectivity index (χ1n) is 7.98. The van der Waals surface area contributed by atoms with E-state index in [9.17, 15) is 4.79 Å². The van der Waals surface area contributed by atoms with Crippen LogP contribution in [0.15, 0.2) is 53.5 Å². The summed E-state index contributed by atoms with van der Waals surface area (Å²) in [5, 5.41) is 9.56. The van der Waals surface area contributed by atoms with Gasteiger partial charge in [-0.3, -0.25) is 4.79 Å². The number of allylic oxidation sites excluding steroid dienone is 4. The van der Waals surface area contributed by atoms with Crippen LogP contribution in [-0.4, -0.2) is 47.7 Å². The molecule has 1 amide bonds. The highest BCUT2D eigenvalue weighted by Crippen LogP contribution is 2.24. The summed E-state index contributed by atoms with van der Waals surface area (Å²) in [6.07, 6.45) is 7.43. The fourth-order valence-corrected chi connectivity index (χ4v) is 2.78. The lowest BCUT2D eigenvalue weighted by atomic mass is 10.0. The standard InChI is InChI=1S/C18H26N4O/c1-6-13(2)9-10-14(3)18-16(21-11-7-8-17(21)23)12-22(20-18)15(4)19-5/h6,9-10,16,19H,1,4,7-8,11-12H2,2-3,5H3/b13-9-,14-10+. The molecule has 2 aliphatic rings. The monoisotopic (exact) mass is 314 g/mol. The molecule has 0 saturated carbocycles. The van der Waals surface area contributed by atoms with E-state index in [2.05, 4.69) is 18.5 Å². The molecule has 5 nitrogen and oxygen atoms in total. The summed E-state index contributed by atoms with van der Waals surface area (Å²) in [6, 6.07) is -0.0104.